The summed E-state index contributed by atoms with van der Waals surface area (Å²) in [4.78, 5) is 47.5. The molecule has 1 aromatic carbocycles. The molecule has 0 aliphatic rings. The van der Waals surface area contributed by atoms with E-state index in [1.807, 2.05) is 6.07 Å². The Morgan fingerprint density at radius 3 is 2.39 bits per heavy atom. The fourth-order valence-corrected chi connectivity index (χ4v) is 3.63. The number of hydrogen-bond acceptors (Lipinski definition) is 6. The number of methoxy groups -OCH3 is 1. The number of carbonyl (C=O) groups excluding carboxylic acids is 3. The summed E-state index contributed by atoms with van der Waals surface area (Å²) in [7, 11) is 1.55. The predicted octanol–water partition coefficient (Wildman–Crippen LogP) is 3.74. The van der Waals surface area contributed by atoms with Gasteiger partial charge in [0.25, 0.3) is 5.91 Å². The molecule has 0 spiro atoms. The fourth-order valence-electron chi connectivity index (χ4n) is 3.63. The average Bonchev–Trinajstić information content (AvgIpc) is 3.13. The van der Waals surface area contributed by atoms with Crippen molar-refractivity contribution >= 4 is 17.7 Å². The van der Waals surface area contributed by atoms with Gasteiger partial charge in [-0.15, -0.1) is 0 Å². The van der Waals surface area contributed by atoms with E-state index in [-0.39, 0.29) is 37.1 Å². The number of Topliss-reactive ketones (excluding diaryl/α,β-unsaturated/α-hetero) is 1. The van der Waals surface area contributed by atoms with Crippen LogP contribution in [-0.4, -0.2) is 52.8 Å². The van der Waals surface area contributed by atoms with Crippen LogP contribution in [0.15, 0.2) is 48.7 Å². The molecule has 1 N–H and O–H groups in total. The molecule has 0 fully saturated rings. The third-order valence-electron chi connectivity index (χ3n) is 5.23. The van der Waals surface area contributed by atoms with E-state index in [9.17, 15) is 14.4 Å². The summed E-state index contributed by atoms with van der Waals surface area (Å²) in [6.07, 6.45) is 1.64. The van der Waals surface area contributed by atoms with Gasteiger partial charge in [0, 0.05) is 23.0 Å². The number of aryl methyl sites for hydroxylation is 1. The van der Waals surface area contributed by atoms with Crippen LogP contribution < -0.4 is 4.74 Å². The molecule has 0 saturated heterocycles. The summed E-state index contributed by atoms with van der Waals surface area (Å²) in [5.74, 6) is -0.483. The molecule has 0 unspecified atom stereocenters. The van der Waals surface area contributed by atoms with E-state index in [2.05, 4.69) is 9.97 Å². The lowest BCUT2D eigenvalue weighted by Gasteiger charge is -2.22. The standard InChI is InChI=1S/C25H27N3O5/c1-5-33-25(31)23-16(2)22(17(3)27-23)21(29)15-28(14-19-8-6-7-13-26-19)24(30)18-9-11-20(32-4)12-10-18/h6-13,27H,5,14-15H2,1-4H3. The van der Waals surface area contributed by atoms with Crippen LogP contribution in [0.25, 0.3) is 0 Å². The maximum atomic E-state index is 13.3. The second-order valence-corrected chi connectivity index (χ2v) is 7.48. The minimum absolute atomic E-state index is 0.157. The van der Waals surface area contributed by atoms with Gasteiger partial charge in [-0.1, -0.05) is 6.07 Å². The van der Waals surface area contributed by atoms with E-state index < -0.39 is 5.97 Å². The molecule has 3 aromatic rings. The molecule has 0 aliphatic heterocycles. The summed E-state index contributed by atoms with van der Waals surface area (Å²) in [6.45, 7) is 5.34. The third kappa shape index (κ3) is 5.46. The van der Waals surface area contributed by atoms with E-state index in [1.54, 1.807) is 70.5 Å². The number of aromatic nitrogens is 2. The summed E-state index contributed by atoms with van der Waals surface area (Å²) in [5.41, 5.74) is 2.76. The van der Waals surface area contributed by atoms with Crippen molar-refractivity contribution in [2.45, 2.75) is 27.3 Å². The molecule has 172 valence electrons. The van der Waals surface area contributed by atoms with Crippen molar-refractivity contribution in [2.75, 3.05) is 20.3 Å². The fraction of sp³-hybridized carbons (Fsp3) is 0.280. The van der Waals surface area contributed by atoms with Crippen LogP contribution in [0.3, 0.4) is 0 Å². The molecule has 33 heavy (non-hydrogen) atoms. The SMILES string of the molecule is CCOC(=O)c1[nH]c(C)c(C(=O)CN(Cc2ccccn2)C(=O)c2ccc(OC)cc2)c1C. The van der Waals surface area contributed by atoms with Crippen molar-refractivity contribution in [3.8, 4) is 5.75 Å². The van der Waals surface area contributed by atoms with E-state index in [4.69, 9.17) is 9.47 Å². The second-order valence-electron chi connectivity index (χ2n) is 7.48. The normalized spacial score (nSPS) is 10.5. The smallest absolute Gasteiger partial charge is 0.355 e. The number of nitrogens with one attached hydrogen (secondary N) is 1. The van der Waals surface area contributed by atoms with Gasteiger partial charge in [-0.05, 0) is 62.7 Å². The van der Waals surface area contributed by atoms with Crippen LogP contribution in [0.5, 0.6) is 5.75 Å². The molecular weight excluding hydrogens is 422 g/mol. The summed E-state index contributed by atoms with van der Waals surface area (Å²) < 4.78 is 10.2. The zero-order valence-electron chi connectivity index (χ0n) is 19.2. The Morgan fingerprint density at radius 1 is 1.06 bits per heavy atom. The minimum Gasteiger partial charge on any atom is -0.497 e. The van der Waals surface area contributed by atoms with Crippen molar-refractivity contribution in [1.29, 1.82) is 0 Å². The Labute approximate surface area is 192 Å². The minimum atomic E-state index is -0.517. The number of amides is 1. The maximum Gasteiger partial charge on any atom is 0.355 e. The lowest BCUT2D eigenvalue weighted by atomic mass is 10.0. The Balaban J connectivity index is 1.90. The zero-order chi connectivity index (χ0) is 24.0. The van der Waals surface area contributed by atoms with E-state index >= 15 is 0 Å². The molecule has 3 rings (SSSR count). The first-order valence-corrected chi connectivity index (χ1v) is 10.6. The average molecular weight is 450 g/mol. The highest BCUT2D eigenvalue weighted by Crippen LogP contribution is 2.21. The molecule has 0 bridgehead atoms. The lowest BCUT2D eigenvalue weighted by molar-refractivity contribution is 0.0519. The van der Waals surface area contributed by atoms with E-state index in [1.165, 1.54) is 4.90 Å². The van der Waals surface area contributed by atoms with Crippen LogP contribution in [0.2, 0.25) is 0 Å². The summed E-state index contributed by atoms with van der Waals surface area (Å²) in [6, 6.07) is 12.1. The quantitative estimate of drug-likeness (QED) is 0.394. The number of pyridine rings is 1. The number of H-pyrrole nitrogens is 1. The first-order valence-electron chi connectivity index (χ1n) is 10.6. The topological polar surface area (TPSA) is 102 Å². The van der Waals surface area contributed by atoms with Crippen molar-refractivity contribution in [3.05, 3.63) is 82.4 Å². The van der Waals surface area contributed by atoms with Gasteiger partial charge in [-0.2, -0.15) is 0 Å². The number of ether oxygens (including phenoxy) is 2. The molecule has 8 heteroatoms. The highest BCUT2D eigenvalue weighted by molar-refractivity contribution is 6.05. The molecule has 2 heterocycles. The number of carbonyl (C=O) groups is 3. The lowest BCUT2D eigenvalue weighted by Crippen LogP contribution is -2.35. The highest BCUT2D eigenvalue weighted by Gasteiger charge is 2.26. The van der Waals surface area contributed by atoms with E-state index in [0.29, 0.717) is 33.8 Å². The van der Waals surface area contributed by atoms with Crippen LogP contribution in [0, 0.1) is 13.8 Å². The Morgan fingerprint density at radius 2 is 1.79 bits per heavy atom. The number of rotatable bonds is 9. The van der Waals surface area contributed by atoms with Crippen LogP contribution in [-0.2, 0) is 11.3 Å². The molecule has 0 atom stereocenters. The third-order valence-corrected chi connectivity index (χ3v) is 5.23. The van der Waals surface area contributed by atoms with Crippen molar-refractivity contribution < 1.29 is 23.9 Å². The molecule has 0 saturated carbocycles. The second kappa shape index (κ2) is 10.6. The number of aromatic amines is 1. The monoisotopic (exact) mass is 449 g/mol. The van der Waals surface area contributed by atoms with Crippen molar-refractivity contribution in [2.24, 2.45) is 0 Å². The van der Waals surface area contributed by atoms with Gasteiger partial charge in [0.1, 0.15) is 11.4 Å². The number of benzene rings is 1. The number of esters is 1. The molecule has 8 nitrogen and oxygen atoms in total. The summed E-state index contributed by atoms with van der Waals surface area (Å²) >= 11 is 0. The number of ketones is 1. The predicted molar refractivity (Wildman–Crippen MR) is 123 cm³/mol. The van der Waals surface area contributed by atoms with Gasteiger partial charge in [0.15, 0.2) is 5.78 Å². The summed E-state index contributed by atoms with van der Waals surface area (Å²) in [5, 5.41) is 0. The molecule has 1 amide bonds. The van der Waals surface area contributed by atoms with E-state index in [0.717, 1.165) is 0 Å². The van der Waals surface area contributed by atoms with Crippen molar-refractivity contribution in [1.82, 2.24) is 14.9 Å². The first-order chi connectivity index (χ1) is 15.8. The molecule has 0 aliphatic carbocycles. The maximum absolute atomic E-state index is 13.3. The van der Waals surface area contributed by atoms with Gasteiger partial charge in [-0.25, -0.2) is 4.79 Å². The van der Waals surface area contributed by atoms with Crippen LogP contribution in [0.1, 0.15) is 55.1 Å². The Hall–Kier alpha value is -3.94. The van der Waals surface area contributed by atoms with Crippen LogP contribution in [0.4, 0.5) is 0 Å². The van der Waals surface area contributed by atoms with Gasteiger partial charge in [-0.3, -0.25) is 14.6 Å². The Kier molecular flexibility index (Phi) is 7.61. The molecule has 0 radical (unpaired) electrons. The molecule has 2 aromatic heterocycles. The number of nitrogens with zero attached hydrogens (tertiary/aromatic N) is 2. The zero-order valence-corrected chi connectivity index (χ0v) is 19.2. The van der Waals surface area contributed by atoms with Gasteiger partial charge in [0.05, 0.1) is 32.5 Å². The van der Waals surface area contributed by atoms with Crippen molar-refractivity contribution in [3.63, 3.8) is 0 Å². The first kappa shape index (κ1) is 23.7. The van der Waals surface area contributed by atoms with Gasteiger partial charge >= 0.3 is 5.97 Å². The molecular formula is C25H27N3O5. The van der Waals surface area contributed by atoms with Gasteiger partial charge < -0.3 is 19.4 Å². The number of hydrogen-bond donors (Lipinski definition) is 1. The Bertz CT molecular complexity index is 1140. The van der Waals surface area contributed by atoms with Crippen LogP contribution >= 0.6 is 0 Å². The van der Waals surface area contributed by atoms with Gasteiger partial charge in [0.2, 0.25) is 0 Å². The largest absolute Gasteiger partial charge is 0.497 e. The highest BCUT2D eigenvalue weighted by atomic mass is 16.5.